The number of fused-ring (bicyclic) bond motifs is 5. The minimum atomic E-state index is -1.51. The summed E-state index contributed by atoms with van der Waals surface area (Å²) in [4.78, 5) is 44.3. The Morgan fingerprint density at radius 1 is 1.00 bits per heavy atom. The Hall–Kier alpha value is -3.70. The van der Waals surface area contributed by atoms with Crippen LogP contribution in [0.4, 0.5) is 5.69 Å². The van der Waals surface area contributed by atoms with Crippen LogP contribution < -0.4 is 9.64 Å². The highest BCUT2D eigenvalue weighted by molar-refractivity contribution is 6.32. The molecule has 6 heteroatoms. The van der Waals surface area contributed by atoms with Crippen molar-refractivity contribution >= 4 is 40.7 Å². The summed E-state index contributed by atoms with van der Waals surface area (Å²) in [5.74, 6) is -0.796. The molecule has 2 heterocycles. The molecule has 1 aliphatic carbocycles. The third-order valence-electron chi connectivity index (χ3n) is 7.74. The predicted octanol–water partition coefficient (Wildman–Crippen LogP) is 5.76. The largest absolute Gasteiger partial charge is 0.494 e. The van der Waals surface area contributed by atoms with Gasteiger partial charge in [-0.3, -0.25) is 14.4 Å². The number of hydrogen-bond acceptors (Lipinski definition) is 5. The van der Waals surface area contributed by atoms with E-state index in [1.165, 1.54) is 6.92 Å². The summed E-state index contributed by atoms with van der Waals surface area (Å²) < 4.78 is 5.98. The van der Waals surface area contributed by atoms with Gasteiger partial charge in [-0.25, -0.2) is 0 Å². The minimum Gasteiger partial charge on any atom is -0.494 e. The van der Waals surface area contributed by atoms with Crippen LogP contribution in [-0.4, -0.2) is 36.0 Å². The van der Waals surface area contributed by atoms with Gasteiger partial charge in [0.25, 0.3) is 0 Å². The molecule has 0 amide bonds. The number of carbonyl (C=O) groups is 3. The molecule has 3 aliphatic rings. The first-order chi connectivity index (χ1) is 17.4. The number of Topliss-reactive ketones (excluding diaryl/α,β-unsaturated/α-hetero) is 3. The quantitative estimate of drug-likeness (QED) is 0.429. The number of halogens is 1. The minimum absolute atomic E-state index is 0.124. The number of ketones is 3. The van der Waals surface area contributed by atoms with Crippen molar-refractivity contribution in [3.63, 3.8) is 0 Å². The molecule has 3 aromatic carbocycles. The zero-order chi connectivity index (χ0) is 25.2. The first kappa shape index (κ1) is 22.7. The second kappa shape index (κ2) is 8.17. The first-order valence-electron chi connectivity index (χ1n) is 12.1. The average molecular weight is 498 g/mol. The van der Waals surface area contributed by atoms with Crippen molar-refractivity contribution in [2.24, 2.45) is 5.41 Å². The van der Waals surface area contributed by atoms with Crippen molar-refractivity contribution in [3.05, 3.63) is 100 Å². The van der Waals surface area contributed by atoms with Gasteiger partial charge in [0.1, 0.15) is 11.2 Å². The molecule has 1 saturated heterocycles. The number of para-hydroxylation sites is 1. The molecule has 6 rings (SSSR count). The molecular weight excluding hydrogens is 474 g/mol. The Labute approximate surface area is 214 Å². The predicted molar refractivity (Wildman–Crippen MR) is 139 cm³/mol. The second-order valence-electron chi connectivity index (χ2n) is 9.49. The van der Waals surface area contributed by atoms with Gasteiger partial charge in [0.05, 0.1) is 18.7 Å². The summed E-state index contributed by atoms with van der Waals surface area (Å²) in [7, 11) is 0. The van der Waals surface area contributed by atoms with Gasteiger partial charge in [-0.15, -0.1) is 0 Å². The molecule has 36 heavy (non-hydrogen) atoms. The third kappa shape index (κ3) is 2.86. The number of nitrogens with zero attached hydrogens (tertiary/aromatic N) is 1. The lowest BCUT2D eigenvalue weighted by Gasteiger charge is -2.37. The van der Waals surface area contributed by atoms with Crippen molar-refractivity contribution < 1.29 is 19.1 Å². The van der Waals surface area contributed by atoms with Gasteiger partial charge in [0.2, 0.25) is 0 Å². The lowest BCUT2D eigenvalue weighted by atomic mass is 9.64. The topological polar surface area (TPSA) is 63.7 Å². The van der Waals surface area contributed by atoms with E-state index in [2.05, 4.69) is 0 Å². The summed E-state index contributed by atoms with van der Waals surface area (Å²) >= 11 is 6.28. The van der Waals surface area contributed by atoms with Gasteiger partial charge in [-0.1, -0.05) is 66.2 Å². The van der Waals surface area contributed by atoms with E-state index < -0.39 is 23.4 Å². The van der Waals surface area contributed by atoms with Crippen LogP contribution in [-0.2, 0) is 4.79 Å². The van der Waals surface area contributed by atoms with Crippen LogP contribution in [0.5, 0.6) is 5.75 Å². The monoisotopic (exact) mass is 497 g/mol. The summed E-state index contributed by atoms with van der Waals surface area (Å²) in [6.45, 7) is 3.83. The molecule has 3 aromatic rings. The molecule has 0 saturated carbocycles. The highest BCUT2D eigenvalue weighted by atomic mass is 35.5. The molecule has 1 fully saturated rings. The Morgan fingerprint density at radius 3 is 2.33 bits per heavy atom. The summed E-state index contributed by atoms with van der Waals surface area (Å²) in [5, 5.41) is 0.573. The maximum atomic E-state index is 14.4. The molecule has 5 nitrogen and oxygen atoms in total. The number of ether oxygens (including phenoxy) is 1. The zero-order valence-electron chi connectivity index (χ0n) is 19.9. The summed E-state index contributed by atoms with van der Waals surface area (Å²) in [6.07, 6.45) is 3.79. The zero-order valence-corrected chi connectivity index (χ0v) is 20.7. The van der Waals surface area contributed by atoms with Gasteiger partial charge in [-0.2, -0.15) is 0 Å². The van der Waals surface area contributed by atoms with Crippen molar-refractivity contribution in [1.29, 1.82) is 0 Å². The molecule has 1 spiro atoms. The molecule has 0 N–H and O–H groups in total. The van der Waals surface area contributed by atoms with Crippen LogP contribution >= 0.6 is 11.6 Å². The van der Waals surface area contributed by atoms with E-state index in [9.17, 15) is 14.4 Å². The van der Waals surface area contributed by atoms with Gasteiger partial charge >= 0.3 is 0 Å². The molecule has 2 aliphatic heterocycles. The van der Waals surface area contributed by atoms with Crippen LogP contribution in [0.15, 0.2) is 72.8 Å². The number of anilines is 1. The molecular formula is C30H24ClNO4. The van der Waals surface area contributed by atoms with Gasteiger partial charge < -0.3 is 9.64 Å². The van der Waals surface area contributed by atoms with Crippen molar-refractivity contribution in [2.45, 2.75) is 31.8 Å². The van der Waals surface area contributed by atoms with Crippen molar-refractivity contribution in [1.82, 2.24) is 0 Å². The van der Waals surface area contributed by atoms with Gasteiger partial charge in [0.15, 0.2) is 17.3 Å². The lowest BCUT2D eigenvalue weighted by Crippen LogP contribution is -2.48. The standard InChI is InChI=1S/C30H24ClNO4/c1-3-36-24-11-7-6-10-22(24)26-27(17(2)33)32-23-14-13-19(31)16-18(23)12-15-25(32)30(26)28(34)20-8-4-5-9-21(20)29(30)35/h4-16,25-27H,3H2,1-2H3/t25-,26-,27-/m0/s1. The number of benzene rings is 3. The van der Waals surface area contributed by atoms with E-state index in [0.717, 1.165) is 11.3 Å². The molecule has 180 valence electrons. The Balaban J connectivity index is 1.69. The fraction of sp³-hybridized carbons (Fsp3) is 0.233. The summed E-state index contributed by atoms with van der Waals surface area (Å²) in [6, 6.07) is 18.5. The SMILES string of the molecule is CCOc1ccccc1[C@H]1[C@H](C(C)=O)N2c3ccc(Cl)cc3C=C[C@H]2C12C(=O)c1ccccc1C2=O. The Kier molecular flexibility index (Phi) is 5.16. The van der Waals surface area contributed by atoms with Crippen LogP contribution in [0.2, 0.25) is 5.02 Å². The summed E-state index contributed by atoms with van der Waals surface area (Å²) in [5.41, 5.74) is 1.60. The third-order valence-corrected chi connectivity index (χ3v) is 7.97. The van der Waals surface area contributed by atoms with Gasteiger partial charge in [0, 0.05) is 33.3 Å². The van der Waals surface area contributed by atoms with Crippen LogP contribution in [0, 0.1) is 5.41 Å². The fourth-order valence-corrected chi connectivity index (χ4v) is 6.65. The molecule has 0 radical (unpaired) electrons. The number of rotatable bonds is 4. The van der Waals surface area contributed by atoms with E-state index in [1.54, 1.807) is 30.3 Å². The van der Waals surface area contributed by atoms with Crippen molar-refractivity contribution in [3.8, 4) is 5.75 Å². The first-order valence-corrected chi connectivity index (χ1v) is 12.5. The Bertz CT molecular complexity index is 1440. The van der Waals surface area contributed by atoms with E-state index in [4.69, 9.17) is 16.3 Å². The van der Waals surface area contributed by atoms with Crippen molar-refractivity contribution in [2.75, 3.05) is 11.5 Å². The maximum Gasteiger partial charge on any atom is 0.180 e. The second-order valence-corrected chi connectivity index (χ2v) is 9.93. The number of carbonyl (C=O) groups excluding carboxylic acids is 3. The van der Waals surface area contributed by atoms with Crippen LogP contribution in [0.1, 0.15) is 51.6 Å². The molecule has 3 atom stereocenters. The molecule has 0 unspecified atom stereocenters. The van der Waals surface area contributed by atoms with E-state index in [-0.39, 0.29) is 17.3 Å². The van der Waals surface area contributed by atoms with E-state index >= 15 is 0 Å². The van der Waals surface area contributed by atoms with E-state index in [1.807, 2.05) is 60.4 Å². The van der Waals surface area contributed by atoms with Crippen LogP contribution in [0.25, 0.3) is 6.08 Å². The van der Waals surface area contributed by atoms with Gasteiger partial charge in [-0.05, 0) is 43.7 Å². The number of hydrogen-bond donors (Lipinski definition) is 0. The van der Waals surface area contributed by atoms with Crippen LogP contribution in [0.3, 0.4) is 0 Å². The normalized spacial score (nSPS) is 23.0. The average Bonchev–Trinajstić information content (AvgIpc) is 3.31. The fourth-order valence-electron chi connectivity index (χ4n) is 6.47. The maximum absolute atomic E-state index is 14.4. The highest BCUT2D eigenvalue weighted by Gasteiger charge is 2.71. The Morgan fingerprint density at radius 2 is 1.67 bits per heavy atom. The molecule has 0 aromatic heterocycles. The lowest BCUT2D eigenvalue weighted by molar-refractivity contribution is -0.118. The van der Waals surface area contributed by atoms with E-state index in [0.29, 0.717) is 34.1 Å². The molecule has 0 bridgehead atoms. The smallest absolute Gasteiger partial charge is 0.180 e. The highest BCUT2D eigenvalue weighted by Crippen LogP contribution is 2.61.